The van der Waals surface area contributed by atoms with Gasteiger partial charge in [-0.25, -0.2) is 0 Å². The van der Waals surface area contributed by atoms with Gasteiger partial charge in [-0.05, 0) is 56.2 Å². The maximum absolute atomic E-state index is 12.9. The normalized spacial score (nSPS) is 14.8. The van der Waals surface area contributed by atoms with E-state index in [4.69, 9.17) is 4.74 Å². The van der Waals surface area contributed by atoms with Crippen molar-refractivity contribution in [3.63, 3.8) is 0 Å². The number of nitrogens with zero attached hydrogens (tertiary/aromatic N) is 1. The Balaban J connectivity index is 1.67. The first-order chi connectivity index (χ1) is 15.0. The third-order valence-electron chi connectivity index (χ3n) is 5.41. The Hall–Kier alpha value is -3.35. The molecule has 0 aliphatic carbocycles. The first-order valence-electron chi connectivity index (χ1n) is 10.6. The molecule has 3 amide bonds. The highest BCUT2D eigenvalue weighted by Crippen LogP contribution is 2.18. The van der Waals surface area contributed by atoms with Crippen LogP contribution in [0, 0.1) is 0 Å². The molecule has 164 valence electrons. The van der Waals surface area contributed by atoms with Crippen molar-refractivity contribution in [2.24, 2.45) is 0 Å². The molecule has 1 heterocycles. The van der Waals surface area contributed by atoms with Gasteiger partial charge < -0.3 is 20.3 Å². The van der Waals surface area contributed by atoms with E-state index >= 15 is 0 Å². The number of carbonyl (C=O) groups is 3. The van der Waals surface area contributed by atoms with Gasteiger partial charge in [0.05, 0.1) is 18.4 Å². The number of amides is 3. The van der Waals surface area contributed by atoms with Gasteiger partial charge in [0.2, 0.25) is 5.91 Å². The molecule has 7 nitrogen and oxygen atoms in total. The number of anilines is 1. The third kappa shape index (κ3) is 5.84. The van der Waals surface area contributed by atoms with E-state index in [0.29, 0.717) is 22.6 Å². The highest BCUT2D eigenvalue weighted by atomic mass is 16.5. The Bertz CT molecular complexity index is 919. The topological polar surface area (TPSA) is 87.7 Å². The number of ether oxygens (including phenoxy) is 1. The monoisotopic (exact) mass is 423 g/mol. The smallest absolute Gasteiger partial charge is 0.255 e. The summed E-state index contributed by atoms with van der Waals surface area (Å²) in [6, 6.07) is 12.8. The molecule has 2 aromatic rings. The van der Waals surface area contributed by atoms with E-state index in [9.17, 15) is 14.4 Å². The van der Waals surface area contributed by atoms with Gasteiger partial charge in [0.25, 0.3) is 11.8 Å². The maximum atomic E-state index is 12.9. The fraction of sp³-hybridized carbons (Fsp3) is 0.375. The van der Waals surface area contributed by atoms with Crippen LogP contribution in [0.1, 0.15) is 53.3 Å². The molecule has 1 saturated heterocycles. The number of hydrogen-bond acceptors (Lipinski definition) is 4. The molecular formula is C24H29N3O4. The summed E-state index contributed by atoms with van der Waals surface area (Å²) >= 11 is 0. The van der Waals surface area contributed by atoms with Gasteiger partial charge in [-0.15, -0.1) is 0 Å². The SMILES string of the molecule is COc1ccc(C(=O)Nc2ccccc2C(=O)N[C@@H](C)C(=O)N2CCCCCC2)cc1. The van der Waals surface area contributed by atoms with Crippen LogP contribution in [0.15, 0.2) is 48.5 Å². The zero-order chi connectivity index (χ0) is 22.2. The molecule has 1 aliphatic rings. The van der Waals surface area contributed by atoms with Gasteiger partial charge in [0.1, 0.15) is 11.8 Å². The van der Waals surface area contributed by atoms with Crippen LogP contribution in [0.5, 0.6) is 5.75 Å². The van der Waals surface area contributed by atoms with Crippen LogP contribution in [-0.2, 0) is 4.79 Å². The highest BCUT2D eigenvalue weighted by molar-refractivity contribution is 6.09. The zero-order valence-electron chi connectivity index (χ0n) is 18.0. The summed E-state index contributed by atoms with van der Waals surface area (Å²) in [6.45, 7) is 3.16. The lowest BCUT2D eigenvalue weighted by atomic mass is 10.1. The van der Waals surface area contributed by atoms with Crippen molar-refractivity contribution in [1.29, 1.82) is 0 Å². The quantitative estimate of drug-likeness (QED) is 0.745. The lowest BCUT2D eigenvalue weighted by Gasteiger charge is -2.25. The first kappa shape index (κ1) is 22.3. The highest BCUT2D eigenvalue weighted by Gasteiger charge is 2.24. The molecule has 1 fully saturated rings. The van der Waals surface area contributed by atoms with Crippen molar-refractivity contribution in [3.8, 4) is 5.75 Å². The van der Waals surface area contributed by atoms with Crippen molar-refractivity contribution in [1.82, 2.24) is 10.2 Å². The van der Waals surface area contributed by atoms with E-state index in [1.807, 2.05) is 4.90 Å². The molecule has 2 aromatic carbocycles. The van der Waals surface area contributed by atoms with Crippen LogP contribution in [0.2, 0.25) is 0 Å². The molecule has 3 rings (SSSR count). The summed E-state index contributed by atoms with van der Waals surface area (Å²) < 4.78 is 5.11. The summed E-state index contributed by atoms with van der Waals surface area (Å²) in [6.07, 6.45) is 4.25. The van der Waals surface area contributed by atoms with Crippen molar-refractivity contribution in [2.75, 3.05) is 25.5 Å². The fourth-order valence-electron chi connectivity index (χ4n) is 3.63. The van der Waals surface area contributed by atoms with E-state index in [-0.39, 0.29) is 11.8 Å². The molecule has 7 heteroatoms. The van der Waals surface area contributed by atoms with E-state index < -0.39 is 11.9 Å². The van der Waals surface area contributed by atoms with Gasteiger partial charge in [0.15, 0.2) is 0 Å². The number of nitrogens with one attached hydrogen (secondary N) is 2. The molecule has 2 N–H and O–H groups in total. The predicted octanol–water partition coefficient (Wildman–Crippen LogP) is 3.47. The summed E-state index contributed by atoms with van der Waals surface area (Å²) in [5.41, 5.74) is 1.14. The second-order valence-corrected chi connectivity index (χ2v) is 7.66. The number of rotatable bonds is 6. The van der Waals surface area contributed by atoms with Gasteiger partial charge in [-0.2, -0.15) is 0 Å². The van der Waals surface area contributed by atoms with E-state index in [0.717, 1.165) is 38.8 Å². The minimum absolute atomic E-state index is 0.0741. The number of carbonyl (C=O) groups excluding carboxylic acids is 3. The number of likely N-dealkylation sites (tertiary alicyclic amines) is 1. The standard InChI is InChI=1S/C24H29N3O4/c1-17(24(30)27-15-7-3-4-8-16-27)25-23(29)20-9-5-6-10-21(20)26-22(28)18-11-13-19(31-2)14-12-18/h5-6,9-14,17H,3-4,7-8,15-16H2,1-2H3,(H,25,29)(H,26,28)/t17-/m0/s1. The Morgan fingerprint density at radius 3 is 2.19 bits per heavy atom. The zero-order valence-corrected chi connectivity index (χ0v) is 18.0. The Morgan fingerprint density at radius 2 is 1.55 bits per heavy atom. The first-order valence-corrected chi connectivity index (χ1v) is 10.6. The lowest BCUT2D eigenvalue weighted by molar-refractivity contribution is -0.132. The van der Waals surface area contributed by atoms with Crippen molar-refractivity contribution in [2.45, 2.75) is 38.6 Å². The molecule has 1 aliphatic heterocycles. The van der Waals surface area contributed by atoms with Gasteiger partial charge in [0, 0.05) is 18.7 Å². The lowest BCUT2D eigenvalue weighted by Crippen LogP contribution is -2.47. The molecule has 1 atom stereocenters. The molecule has 0 unspecified atom stereocenters. The number of para-hydroxylation sites is 1. The average Bonchev–Trinajstić information content (AvgIpc) is 3.08. The van der Waals surface area contributed by atoms with Crippen LogP contribution in [-0.4, -0.2) is 48.9 Å². The molecule has 0 bridgehead atoms. The molecule has 0 aromatic heterocycles. The Labute approximate surface area is 182 Å². The molecule has 0 radical (unpaired) electrons. The summed E-state index contributed by atoms with van der Waals surface area (Å²) in [7, 11) is 1.56. The minimum Gasteiger partial charge on any atom is -0.497 e. The molecule has 31 heavy (non-hydrogen) atoms. The number of methoxy groups -OCH3 is 1. The second kappa shape index (κ2) is 10.6. The maximum Gasteiger partial charge on any atom is 0.255 e. The minimum atomic E-state index is -0.643. The van der Waals surface area contributed by atoms with Crippen LogP contribution in [0.4, 0.5) is 5.69 Å². The number of hydrogen-bond donors (Lipinski definition) is 2. The fourth-order valence-corrected chi connectivity index (χ4v) is 3.63. The van der Waals surface area contributed by atoms with Crippen LogP contribution >= 0.6 is 0 Å². The summed E-state index contributed by atoms with van der Waals surface area (Å²) in [4.78, 5) is 40.1. The average molecular weight is 424 g/mol. The molecular weight excluding hydrogens is 394 g/mol. The van der Waals surface area contributed by atoms with Crippen molar-refractivity contribution in [3.05, 3.63) is 59.7 Å². The third-order valence-corrected chi connectivity index (χ3v) is 5.41. The predicted molar refractivity (Wildman–Crippen MR) is 119 cm³/mol. The van der Waals surface area contributed by atoms with Crippen LogP contribution in [0.3, 0.4) is 0 Å². The van der Waals surface area contributed by atoms with Gasteiger partial charge in [-0.3, -0.25) is 14.4 Å². The van der Waals surface area contributed by atoms with Gasteiger partial charge >= 0.3 is 0 Å². The molecule has 0 spiro atoms. The van der Waals surface area contributed by atoms with Crippen molar-refractivity contribution < 1.29 is 19.1 Å². The number of benzene rings is 2. The summed E-state index contributed by atoms with van der Waals surface area (Å²) in [5, 5.41) is 5.57. The van der Waals surface area contributed by atoms with E-state index in [2.05, 4.69) is 10.6 Å². The van der Waals surface area contributed by atoms with Gasteiger partial charge in [-0.1, -0.05) is 25.0 Å². The van der Waals surface area contributed by atoms with Crippen LogP contribution < -0.4 is 15.4 Å². The molecule has 0 saturated carbocycles. The summed E-state index contributed by atoms with van der Waals surface area (Å²) in [5.74, 6) is -0.160. The Kier molecular flexibility index (Phi) is 7.65. The van der Waals surface area contributed by atoms with Crippen molar-refractivity contribution >= 4 is 23.4 Å². The van der Waals surface area contributed by atoms with Crippen LogP contribution in [0.25, 0.3) is 0 Å². The Morgan fingerprint density at radius 1 is 0.903 bits per heavy atom. The van der Waals surface area contributed by atoms with E-state index in [1.165, 1.54) is 0 Å². The largest absolute Gasteiger partial charge is 0.497 e. The van der Waals surface area contributed by atoms with E-state index in [1.54, 1.807) is 62.6 Å². The second-order valence-electron chi connectivity index (χ2n) is 7.66.